The van der Waals surface area contributed by atoms with Crippen molar-refractivity contribution in [1.29, 1.82) is 0 Å². The Hall–Kier alpha value is -1.74. The lowest BCUT2D eigenvalue weighted by atomic mass is 9.45. The van der Waals surface area contributed by atoms with Crippen molar-refractivity contribution in [2.24, 2.45) is 28.6 Å². The van der Waals surface area contributed by atoms with Gasteiger partial charge in [-0.05, 0) is 86.0 Å². The van der Waals surface area contributed by atoms with Crippen LogP contribution in [0.2, 0.25) is 0 Å². The Bertz CT molecular complexity index is 1290. The van der Waals surface area contributed by atoms with Crippen molar-refractivity contribution in [1.82, 2.24) is 4.98 Å². The number of anilines is 1. The molecule has 0 saturated heterocycles. The van der Waals surface area contributed by atoms with Crippen molar-refractivity contribution in [3.05, 3.63) is 29.8 Å². The van der Waals surface area contributed by atoms with Gasteiger partial charge >= 0.3 is 0 Å². The Balaban J connectivity index is 1.23. The van der Waals surface area contributed by atoms with Crippen molar-refractivity contribution < 1.29 is 19.8 Å². The predicted molar refractivity (Wildman–Crippen MR) is 143 cm³/mol. The maximum atomic E-state index is 13.6. The number of allylic oxidation sites excluding steroid dienone is 1. The van der Waals surface area contributed by atoms with E-state index in [9.17, 15) is 19.8 Å². The average Bonchev–Trinajstić information content (AvgIpc) is 3.35. The van der Waals surface area contributed by atoms with Gasteiger partial charge < -0.3 is 15.9 Å². The van der Waals surface area contributed by atoms with Crippen LogP contribution >= 0.6 is 23.1 Å². The molecule has 3 saturated carbocycles. The van der Waals surface area contributed by atoms with Gasteiger partial charge in [-0.3, -0.25) is 9.59 Å². The second kappa shape index (κ2) is 8.38. The number of aromatic nitrogens is 1. The van der Waals surface area contributed by atoms with Crippen LogP contribution in [0.25, 0.3) is 10.2 Å². The molecule has 0 amide bonds. The number of fused-ring (bicyclic) bond motifs is 6. The van der Waals surface area contributed by atoms with Crippen LogP contribution in [-0.2, 0) is 9.59 Å². The Labute approximate surface area is 219 Å². The summed E-state index contributed by atoms with van der Waals surface area (Å²) in [5.41, 5.74) is 6.35. The van der Waals surface area contributed by atoms with Gasteiger partial charge in [-0.15, -0.1) is 11.3 Å². The highest BCUT2D eigenvalue weighted by Gasteiger charge is 2.68. The zero-order chi connectivity index (χ0) is 25.5. The van der Waals surface area contributed by atoms with Crippen LogP contribution in [-0.4, -0.2) is 44.2 Å². The van der Waals surface area contributed by atoms with E-state index in [0.29, 0.717) is 24.9 Å². The summed E-state index contributed by atoms with van der Waals surface area (Å²) in [6.45, 7) is 4.26. The summed E-state index contributed by atoms with van der Waals surface area (Å²) in [5.74, 6) is 0.708. The van der Waals surface area contributed by atoms with E-state index < -0.39 is 17.1 Å². The molecule has 192 valence electrons. The summed E-state index contributed by atoms with van der Waals surface area (Å²) in [7, 11) is 0. The lowest BCUT2D eigenvalue weighted by Gasteiger charge is -2.60. The van der Waals surface area contributed by atoms with Crippen molar-refractivity contribution in [3.8, 4) is 0 Å². The van der Waals surface area contributed by atoms with Crippen molar-refractivity contribution in [2.45, 2.75) is 74.8 Å². The summed E-state index contributed by atoms with van der Waals surface area (Å²) >= 11 is 2.89. The van der Waals surface area contributed by atoms with Crippen molar-refractivity contribution in [3.63, 3.8) is 0 Å². The summed E-state index contributed by atoms with van der Waals surface area (Å²) in [5, 5.41) is 23.5. The standard InChI is InChI=1S/C28H34N2O4S2/c1-26-9-7-17(31)11-15(26)3-5-18-19-8-10-28(34,27(19,2)13-21(32)24(18)26)23(33)14-35-25-30-20-6-4-16(29)12-22(20)36-25/h4,6,11-12,18-19,21,24,32,34H,3,5,7-10,13-14,29H2,1-2H3/t18?,19?,21-,24?,26?,27?,28-/m0/s1. The SMILES string of the molecule is CC12CCC(=O)C=C1CCC1C2[C@@H](O)CC2(C)C1CC[C@]2(O)C(=O)CSc1nc2ccc(N)cc2s1. The summed E-state index contributed by atoms with van der Waals surface area (Å²) in [4.78, 5) is 30.3. The van der Waals surface area contributed by atoms with E-state index in [-0.39, 0.29) is 40.5 Å². The highest BCUT2D eigenvalue weighted by atomic mass is 32.2. The Kier molecular flexibility index (Phi) is 5.73. The quantitative estimate of drug-likeness (QED) is 0.388. The average molecular weight is 527 g/mol. The van der Waals surface area contributed by atoms with E-state index in [1.165, 1.54) is 28.7 Å². The zero-order valence-electron chi connectivity index (χ0n) is 20.8. The fourth-order valence-electron chi connectivity index (χ4n) is 8.38. The van der Waals surface area contributed by atoms with E-state index in [0.717, 1.165) is 40.2 Å². The molecule has 0 aliphatic heterocycles. The monoisotopic (exact) mass is 526 g/mol. The van der Waals surface area contributed by atoms with Gasteiger partial charge in [0.05, 0.1) is 22.1 Å². The molecular weight excluding hydrogens is 492 g/mol. The predicted octanol–water partition coefficient (Wildman–Crippen LogP) is 4.77. The third-order valence-corrected chi connectivity index (χ3v) is 12.4. The van der Waals surface area contributed by atoms with E-state index in [4.69, 9.17) is 5.73 Å². The summed E-state index contributed by atoms with van der Waals surface area (Å²) in [6.07, 6.45) is 5.99. The lowest BCUT2D eigenvalue weighted by Crippen LogP contribution is -2.61. The van der Waals surface area contributed by atoms with Crippen LogP contribution in [0.3, 0.4) is 0 Å². The number of carbonyl (C=O) groups excluding carboxylic acids is 2. The number of aliphatic hydroxyl groups is 2. The molecule has 4 aliphatic rings. The minimum absolute atomic E-state index is 0.0747. The van der Waals surface area contributed by atoms with E-state index in [1.807, 2.05) is 31.2 Å². The number of benzene rings is 1. The third-order valence-electron chi connectivity index (χ3n) is 10.2. The molecule has 0 radical (unpaired) electrons. The number of thioether (sulfide) groups is 1. The van der Waals surface area contributed by atoms with Gasteiger partial charge in [-0.25, -0.2) is 4.98 Å². The molecule has 8 heteroatoms. The van der Waals surface area contributed by atoms with Gasteiger partial charge in [-0.1, -0.05) is 31.2 Å². The smallest absolute Gasteiger partial charge is 0.175 e. The molecule has 5 unspecified atom stereocenters. The molecule has 7 atom stereocenters. The fraction of sp³-hybridized carbons (Fsp3) is 0.607. The van der Waals surface area contributed by atoms with Crippen LogP contribution in [0.1, 0.15) is 58.8 Å². The molecule has 4 aliphatic carbocycles. The second-order valence-electron chi connectivity index (χ2n) is 11.9. The zero-order valence-corrected chi connectivity index (χ0v) is 22.5. The number of nitrogens with two attached hydrogens (primary N) is 1. The normalized spacial score (nSPS) is 39.9. The number of Topliss-reactive ketones (excluding diaryl/α,β-unsaturated/α-hetero) is 1. The fourth-order valence-corrected chi connectivity index (χ4v) is 10.5. The van der Waals surface area contributed by atoms with Gasteiger partial charge in [0.2, 0.25) is 0 Å². The number of carbonyl (C=O) groups is 2. The first-order valence-electron chi connectivity index (χ1n) is 13.0. The molecule has 0 spiro atoms. The topological polar surface area (TPSA) is 114 Å². The minimum atomic E-state index is -1.45. The first kappa shape index (κ1) is 24.6. The van der Waals surface area contributed by atoms with Crippen molar-refractivity contribution in [2.75, 3.05) is 11.5 Å². The van der Waals surface area contributed by atoms with Crippen LogP contribution < -0.4 is 5.73 Å². The molecule has 2 aromatic rings. The number of hydrogen-bond donors (Lipinski definition) is 3. The third kappa shape index (κ3) is 3.47. The van der Waals surface area contributed by atoms with E-state index in [1.54, 1.807) is 0 Å². The Morgan fingerprint density at radius 3 is 2.86 bits per heavy atom. The lowest BCUT2D eigenvalue weighted by molar-refractivity contribution is -0.178. The highest BCUT2D eigenvalue weighted by molar-refractivity contribution is 8.01. The molecule has 0 bridgehead atoms. The second-order valence-corrected chi connectivity index (χ2v) is 14.1. The molecule has 6 rings (SSSR count). The van der Waals surface area contributed by atoms with Gasteiger partial charge in [0, 0.05) is 17.5 Å². The Morgan fingerprint density at radius 1 is 1.25 bits per heavy atom. The number of ketones is 2. The summed E-state index contributed by atoms with van der Waals surface area (Å²) in [6, 6.07) is 5.60. The van der Waals surface area contributed by atoms with Crippen LogP contribution in [0.15, 0.2) is 34.2 Å². The van der Waals surface area contributed by atoms with Crippen LogP contribution in [0, 0.1) is 28.6 Å². The van der Waals surface area contributed by atoms with Gasteiger partial charge in [0.1, 0.15) is 5.60 Å². The Morgan fingerprint density at radius 2 is 2.06 bits per heavy atom. The maximum Gasteiger partial charge on any atom is 0.175 e. The molecule has 3 fully saturated rings. The van der Waals surface area contributed by atoms with Gasteiger partial charge in [0.25, 0.3) is 0 Å². The number of hydrogen-bond acceptors (Lipinski definition) is 8. The largest absolute Gasteiger partial charge is 0.399 e. The number of aliphatic hydroxyl groups excluding tert-OH is 1. The first-order valence-corrected chi connectivity index (χ1v) is 14.8. The molecule has 36 heavy (non-hydrogen) atoms. The van der Waals surface area contributed by atoms with Crippen molar-refractivity contribution >= 4 is 50.6 Å². The molecule has 1 aromatic heterocycles. The molecule has 1 aromatic carbocycles. The molecule has 1 heterocycles. The number of nitrogen functional groups attached to an aromatic ring is 1. The minimum Gasteiger partial charge on any atom is -0.399 e. The summed E-state index contributed by atoms with van der Waals surface area (Å²) < 4.78 is 1.78. The molecule has 4 N–H and O–H groups in total. The number of thiazole rings is 1. The molecular formula is C28H34N2O4S2. The van der Waals surface area contributed by atoms with Gasteiger partial charge in [-0.2, -0.15) is 0 Å². The highest BCUT2D eigenvalue weighted by Crippen LogP contribution is 2.67. The number of nitrogens with zero attached hydrogens (tertiary/aromatic N) is 1. The molecule has 6 nitrogen and oxygen atoms in total. The first-order chi connectivity index (χ1) is 17.0. The van der Waals surface area contributed by atoms with E-state index in [2.05, 4.69) is 11.9 Å². The van der Waals surface area contributed by atoms with Crippen LogP contribution in [0.5, 0.6) is 0 Å². The van der Waals surface area contributed by atoms with Gasteiger partial charge in [0.15, 0.2) is 15.9 Å². The van der Waals surface area contributed by atoms with Crippen LogP contribution in [0.4, 0.5) is 5.69 Å². The maximum absolute atomic E-state index is 13.6. The van der Waals surface area contributed by atoms with E-state index >= 15 is 0 Å². The number of rotatable bonds is 4.